The molecule has 1 heteroatoms. The summed E-state index contributed by atoms with van der Waals surface area (Å²) in [4.78, 5) is 0. The van der Waals surface area contributed by atoms with Crippen molar-refractivity contribution in [2.45, 2.75) is 0 Å². The normalized spacial score (nSPS) is 12.4. The summed E-state index contributed by atoms with van der Waals surface area (Å²) in [5.74, 6) is 0. The van der Waals surface area contributed by atoms with Gasteiger partial charge in [-0.05, 0) is 83.9 Å². The molecule has 0 aliphatic carbocycles. The second-order valence-corrected chi connectivity index (χ2v) is 12.1. The summed E-state index contributed by atoms with van der Waals surface area (Å²) in [6, 6.07) is 52.5. The van der Waals surface area contributed by atoms with Gasteiger partial charge in [0.05, 0.1) is 2.74 Å². The molecule has 0 radical (unpaired) electrons. The van der Waals surface area contributed by atoms with Crippen LogP contribution in [-0.4, -0.2) is 0 Å². The number of hydrogen-bond donors (Lipinski definition) is 0. The lowest BCUT2D eigenvalue weighted by atomic mass is 9.83. The molecule has 1 heterocycles. The molecule has 0 aliphatic rings. The number of hydrogen-bond acceptors (Lipinski definition) is 1. The minimum atomic E-state index is 0.527. The van der Waals surface area contributed by atoms with Crippen LogP contribution in [0.2, 0.25) is 0 Å². The van der Waals surface area contributed by atoms with Gasteiger partial charge in [0.1, 0.15) is 0 Å². The highest BCUT2D eigenvalue weighted by Gasteiger charge is 2.20. The van der Waals surface area contributed by atoms with Crippen molar-refractivity contribution >= 4 is 63.8 Å². The third-order valence-electron chi connectivity index (χ3n) is 8.72. The first-order valence-electron chi connectivity index (χ1n) is 15.6. The van der Waals surface area contributed by atoms with Gasteiger partial charge >= 0.3 is 0 Å². The van der Waals surface area contributed by atoms with Gasteiger partial charge in [0, 0.05) is 20.2 Å². The predicted octanol–water partition coefficient (Wildman–Crippen LogP) is 12.5. The van der Waals surface area contributed by atoms with E-state index >= 15 is 0 Å². The first-order valence-corrected chi connectivity index (χ1v) is 15.4. The van der Waals surface area contributed by atoms with Gasteiger partial charge in [-0.1, -0.05) is 140 Å². The molecule has 0 saturated carbocycles. The zero-order valence-corrected chi connectivity index (χ0v) is 24.1. The summed E-state index contributed by atoms with van der Waals surface area (Å²) < 4.78 is 19.1. The second kappa shape index (κ2) is 9.66. The summed E-state index contributed by atoms with van der Waals surface area (Å²) in [6.07, 6.45) is 0. The van der Waals surface area contributed by atoms with Crippen molar-refractivity contribution < 1.29 is 2.74 Å². The lowest BCUT2D eigenvalue weighted by molar-refractivity contribution is 1.62. The van der Waals surface area contributed by atoms with Crippen molar-refractivity contribution in [2.24, 2.45) is 0 Å². The third-order valence-corrected chi connectivity index (χ3v) is 9.82. The van der Waals surface area contributed by atoms with Gasteiger partial charge in [0.25, 0.3) is 0 Å². The summed E-state index contributed by atoms with van der Waals surface area (Å²) in [7, 11) is 0. The highest BCUT2D eigenvalue weighted by atomic mass is 32.1. The molecular weight excluding hydrogens is 537 g/mol. The molecule has 8 aromatic carbocycles. The molecule has 0 amide bonds. The average Bonchev–Trinajstić information content (AvgIpc) is 3.48. The summed E-state index contributed by atoms with van der Waals surface area (Å²) in [5, 5.41) is 9.41. The molecule has 0 spiro atoms. The maximum atomic E-state index is 8.79. The zero-order chi connectivity index (χ0) is 30.1. The summed E-state index contributed by atoms with van der Waals surface area (Å²) in [5.41, 5.74) is 7.15. The molecule has 43 heavy (non-hydrogen) atoms. The summed E-state index contributed by atoms with van der Waals surface area (Å²) in [6.45, 7) is 0. The molecule has 0 bridgehead atoms. The van der Waals surface area contributed by atoms with E-state index in [0.717, 1.165) is 21.0 Å². The molecule has 1 aromatic heterocycles. The predicted molar refractivity (Wildman–Crippen MR) is 188 cm³/mol. The first-order chi connectivity index (χ1) is 22.2. The van der Waals surface area contributed by atoms with E-state index in [2.05, 4.69) is 121 Å². The van der Waals surface area contributed by atoms with Crippen molar-refractivity contribution in [1.29, 1.82) is 0 Å². The van der Waals surface area contributed by atoms with Gasteiger partial charge < -0.3 is 0 Å². The summed E-state index contributed by atoms with van der Waals surface area (Å²) >= 11 is 1.71. The molecule has 0 atom stereocenters. The molecule has 9 rings (SSSR count). The highest BCUT2D eigenvalue weighted by Crippen LogP contribution is 2.49. The second-order valence-electron chi connectivity index (χ2n) is 11.1. The molecule has 0 fully saturated rings. The van der Waals surface area contributed by atoms with Crippen LogP contribution in [-0.2, 0) is 0 Å². The molecular formula is C42H26S. The lowest BCUT2D eigenvalue weighted by Gasteiger charge is -2.20. The number of benzene rings is 8. The van der Waals surface area contributed by atoms with E-state index in [1.165, 1.54) is 64.8 Å². The molecule has 9 aromatic rings. The van der Waals surface area contributed by atoms with Crippen LogP contribution in [0.15, 0.2) is 158 Å². The van der Waals surface area contributed by atoms with Crippen molar-refractivity contribution in [3.63, 3.8) is 0 Å². The Morgan fingerprint density at radius 2 is 1.02 bits per heavy atom. The fourth-order valence-electron chi connectivity index (χ4n) is 6.86. The largest absolute Gasteiger partial charge is 0.135 e. The quantitative estimate of drug-likeness (QED) is 0.187. The van der Waals surface area contributed by atoms with E-state index in [0.29, 0.717) is 12.1 Å². The van der Waals surface area contributed by atoms with E-state index in [9.17, 15) is 0 Å². The molecule has 0 unspecified atom stereocenters. The van der Waals surface area contributed by atoms with E-state index < -0.39 is 0 Å². The first kappa shape index (κ1) is 22.4. The Bertz CT molecular complexity index is 2570. The smallest absolute Gasteiger partial charge is 0.0638 e. The molecule has 200 valence electrons. The van der Waals surface area contributed by atoms with Gasteiger partial charge in [-0.15, -0.1) is 11.3 Å². The van der Waals surface area contributed by atoms with Crippen molar-refractivity contribution in [1.82, 2.24) is 0 Å². The Kier molecular flexibility index (Phi) is 5.03. The third kappa shape index (κ3) is 3.75. The van der Waals surface area contributed by atoms with E-state index in [1.54, 1.807) is 11.3 Å². The van der Waals surface area contributed by atoms with E-state index in [-0.39, 0.29) is 0 Å². The SMILES string of the molecule is [2H]c1ccc2cc(-c3ccccc3-c3c4ccccc4c(-c4ccc([2H])c5sc6ccccc6c45)c4ccccc34)ccc2c1. The van der Waals surface area contributed by atoms with Crippen LogP contribution in [0.5, 0.6) is 0 Å². The van der Waals surface area contributed by atoms with Gasteiger partial charge in [0.2, 0.25) is 0 Å². The number of thiophene rings is 1. The minimum Gasteiger partial charge on any atom is -0.135 e. The Morgan fingerprint density at radius 3 is 1.77 bits per heavy atom. The zero-order valence-electron chi connectivity index (χ0n) is 25.3. The van der Waals surface area contributed by atoms with E-state index in [1.807, 2.05) is 24.3 Å². The van der Waals surface area contributed by atoms with E-state index in [4.69, 9.17) is 2.74 Å². The fraction of sp³-hybridized carbons (Fsp3) is 0. The molecule has 0 saturated heterocycles. The molecule has 0 aliphatic heterocycles. The van der Waals surface area contributed by atoms with Crippen LogP contribution in [0.3, 0.4) is 0 Å². The lowest BCUT2D eigenvalue weighted by Crippen LogP contribution is -1.93. The maximum absolute atomic E-state index is 8.79. The van der Waals surface area contributed by atoms with Crippen LogP contribution in [0, 0.1) is 0 Å². The van der Waals surface area contributed by atoms with Crippen LogP contribution in [0.25, 0.3) is 85.9 Å². The minimum absolute atomic E-state index is 0.527. The van der Waals surface area contributed by atoms with Gasteiger partial charge in [-0.2, -0.15) is 0 Å². The van der Waals surface area contributed by atoms with Crippen LogP contribution < -0.4 is 0 Å². The van der Waals surface area contributed by atoms with Crippen molar-refractivity contribution in [2.75, 3.05) is 0 Å². The van der Waals surface area contributed by atoms with Crippen molar-refractivity contribution in [3.05, 3.63) is 158 Å². The average molecular weight is 565 g/mol. The number of rotatable bonds is 3. The topological polar surface area (TPSA) is 0 Å². The standard InChI is InChI=1S/C42H26S/c1-2-13-28-26-29(25-24-27(28)12-1)30-14-3-4-15-31(30)40-32-16-5-7-18-34(32)41(35-19-8-6-17-33(35)40)37-21-11-23-39-42(37)36-20-9-10-22-38(36)43-39/h1-26H/i1D,23D. The van der Waals surface area contributed by atoms with Crippen LogP contribution >= 0.6 is 11.3 Å². The highest BCUT2D eigenvalue weighted by molar-refractivity contribution is 7.25. The Labute approximate surface area is 256 Å². The van der Waals surface area contributed by atoms with Gasteiger partial charge in [-0.3, -0.25) is 0 Å². The van der Waals surface area contributed by atoms with Crippen LogP contribution in [0.1, 0.15) is 2.74 Å². The Morgan fingerprint density at radius 1 is 0.419 bits per heavy atom. The number of fused-ring (bicyclic) bond motifs is 6. The van der Waals surface area contributed by atoms with Gasteiger partial charge in [-0.25, -0.2) is 0 Å². The van der Waals surface area contributed by atoms with Gasteiger partial charge in [0.15, 0.2) is 0 Å². The molecule has 0 nitrogen and oxygen atoms in total. The monoisotopic (exact) mass is 564 g/mol. The molecule has 0 N–H and O–H groups in total. The van der Waals surface area contributed by atoms with Crippen molar-refractivity contribution in [3.8, 4) is 33.4 Å². The Hall–Kier alpha value is -5.24. The van der Waals surface area contributed by atoms with Crippen LogP contribution in [0.4, 0.5) is 0 Å². The maximum Gasteiger partial charge on any atom is 0.0638 e. The fourth-order valence-corrected chi connectivity index (χ4v) is 7.96. The Balaban J connectivity index is 1.39.